The number of ether oxygens (including phenoxy) is 1. The largest absolute Gasteiger partial charge is 0.444 e. The van der Waals surface area contributed by atoms with Gasteiger partial charge in [0.1, 0.15) is 11.1 Å². The Hall–Kier alpha value is -2.50. The lowest BCUT2D eigenvalue weighted by molar-refractivity contribution is 0.0124. The summed E-state index contributed by atoms with van der Waals surface area (Å²) in [5.74, 6) is 0. The Balaban J connectivity index is 0.00000210. The molecule has 2 aliphatic heterocycles. The maximum atomic E-state index is 12.6. The van der Waals surface area contributed by atoms with Crippen LogP contribution in [0.4, 0.5) is 4.79 Å². The number of carbonyl (C=O) groups is 1. The lowest BCUT2D eigenvalue weighted by atomic mass is 10.0. The van der Waals surface area contributed by atoms with Crippen molar-refractivity contribution >= 4 is 17.9 Å². The summed E-state index contributed by atoms with van der Waals surface area (Å²) in [7, 11) is 0. The topological polar surface area (TPSA) is 60.9 Å². The first-order valence-corrected chi connectivity index (χ1v) is 13.6. The maximum Gasteiger partial charge on any atom is 0.410 e. The second kappa shape index (κ2) is 13.6. The van der Waals surface area contributed by atoms with Gasteiger partial charge in [-0.15, -0.1) is 0 Å². The molecule has 0 aliphatic carbocycles. The van der Waals surface area contributed by atoms with Crippen molar-refractivity contribution in [3.8, 4) is 0 Å². The molecule has 196 valence electrons. The van der Waals surface area contributed by atoms with Crippen molar-refractivity contribution in [3.63, 3.8) is 0 Å². The number of carbonyl (C=O) groups excluding carboxylic acids is 1. The summed E-state index contributed by atoms with van der Waals surface area (Å²) in [6.45, 7) is 19.1. The number of H-pyrrole nitrogens is 1. The molecule has 0 radical (unpaired) electrons. The van der Waals surface area contributed by atoms with E-state index < -0.39 is 5.60 Å². The second-order valence-corrected chi connectivity index (χ2v) is 10.3. The molecule has 3 rings (SSSR count). The zero-order valence-corrected chi connectivity index (χ0v) is 23.4. The van der Waals surface area contributed by atoms with Crippen molar-refractivity contribution in [2.24, 2.45) is 4.99 Å². The number of nitrogens with zero attached hydrogens (tertiary/aromatic N) is 3. The quantitative estimate of drug-likeness (QED) is 0.509. The van der Waals surface area contributed by atoms with Gasteiger partial charge < -0.3 is 19.5 Å². The van der Waals surface area contributed by atoms with E-state index in [9.17, 15) is 4.79 Å². The van der Waals surface area contributed by atoms with Crippen molar-refractivity contribution in [2.75, 3.05) is 26.2 Å². The first kappa shape index (κ1) is 28.7. The standard InChI is InChI=1S/C27H42N4O2.C2H6/c1-7-8-9-10-11-12-13-22-18-29-25-23(22)24(20(2)14-15-28-25)31-17-16-30(19-21(31)3)26(32)33-27(4,5)6;1-2/h12-14,18,21H,7-11,15-17,19H2,1-6H3,(H,28,29);1-2H3/b13-12+;/t21-;/m0./s1. The zero-order chi connectivity index (χ0) is 26.0. The van der Waals surface area contributed by atoms with E-state index in [1.165, 1.54) is 47.7 Å². The lowest BCUT2D eigenvalue weighted by Crippen LogP contribution is -2.55. The van der Waals surface area contributed by atoms with Crippen molar-refractivity contribution in [1.82, 2.24) is 14.8 Å². The number of amides is 1. The molecule has 1 aromatic heterocycles. The highest BCUT2D eigenvalue weighted by atomic mass is 16.6. The number of allylic oxidation sites excluding steroid dienone is 1. The van der Waals surface area contributed by atoms with Crippen molar-refractivity contribution in [1.29, 1.82) is 0 Å². The van der Waals surface area contributed by atoms with Gasteiger partial charge in [-0.1, -0.05) is 58.3 Å². The molecule has 1 amide bonds. The van der Waals surface area contributed by atoms with E-state index in [-0.39, 0.29) is 12.1 Å². The molecule has 6 nitrogen and oxygen atoms in total. The van der Waals surface area contributed by atoms with E-state index in [4.69, 9.17) is 9.73 Å². The molecule has 0 spiro atoms. The van der Waals surface area contributed by atoms with Crippen LogP contribution >= 0.6 is 0 Å². The molecule has 0 unspecified atom stereocenters. The molecule has 6 heteroatoms. The van der Waals surface area contributed by atoms with Crippen molar-refractivity contribution in [2.45, 2.75) is 99.1 Å². The number of rotatable bonds is 7. The monoisotopic (exact) mass is 484 g/mol. The number of hydrogen-bond acceptors (Lipinski definition) is 4. The fourth-order valence-corrected chi connectivity index (χ4v) is 4.55. The van der Waals surface area contributed by atoms with Gasteiger partial charge in [-0.2, -0.15) is 0 Å². The van der Waals surface area contributed by atoms with Crippen LogP contribution in [0.1, 0.15) is 93.1 Å². The van der Waals surface area contributed by atoms with Crippen LogP contribution in [0.15, 0.2) is 28.9 Å². The third-order valence-electron chi connectivity index (χ3n) is 6.24. The Morgan fingerprint density at radius 2 is 1.97 bits per heavy atom. The fourth-order valence-electron chi connectivity index (χ4n) is 4.55. The Labute approximate surface area is 212 Å². The summed E-state index contributed by atoms with van der Waals surface area (Å²) < 4.78 is 5.61. The number of aromatic amines is 1. The van der Waals surface area contributed by atoms with Gasteiger partial charge in [0, 0.05) is 42.7 Å². The van der Waals surface area contributed by atoms with Gasteiger partial charge in [0.15, 0.2) is 0 Å². The van der Waals surface area contributed by atoms with Crippen LogP contribution in [0.2, 0.25) is 0 Å². The molecule has 0 saturated carbocycles. The average Bonchev–Trinajstić information content (AvgIpc) is 3.11. The highest BCUT2D eigenvalue weighted by Crippen LogP contribution is 2.24. The van der Waals surface area contributed by atoms with E-state index in [0.29, 0.717) is 19.6 Å². The van der Waals surface area contributed by atoms with E-state index in [0.717, 1.165) is 18.5 Å². The van der Waals surface area contributed by atoms with Crippen LogP contribution in [0.3, 0.4) is 0 Å². The van der Waals surface area contributed by atoms with Crippen LogP contribution in [0, 0.1) is 0 Å². The number of hydrogen-bond donors (Lipinski definition) is 1. The highest BCUT2D eigenvalue weighted by Gasteiger charge is 2.32. The molecule has 1 atom stereocenters. The zero-order valence-electron chi connectivity index (χ0n) is 23.4. The fraction of sp³-hybridized carbons (Fsp3) is 0.655. The summed E-state index contributed by atoms with van der Waals surface area (Å²) in [6, 6.07) is 0.177. The predicted octanol–water partition coefficient (Wildman–Crippen LogP) is 5.65. The minimum atomic E-state index is -0.480. The summed E-state index contributed by atoms with van der Waals surface area (Å²) in [5, 5.41) is 1.18. The Kier molecular flexibility index (Phi) is 11.1. The Morgan fingerprint density at radius 1 is 1.23 bits per heavy atom. The summed E-state index contributed by atoms with van der Waals surface area (Å²) >= 11 is 0. The molecular weight excluding hydrogens is 436 g/mol. The molecule has 35 heavy (non-hydrogen) atoms. The highest BCUT2D eigenvalue weighted by molar-refractivity contribution is 5.70. The average molecular weight is 485 g/mol. The molecule has 2 aliphatic rings. The smallest absolute Gasteiger partial charge is 0.410 e. The van der Waals surface area contributed by atoms with E-state index in [1.54, 1.807) is 0 Å². The van der Waals surface area contributed by atoms with E-state index in [1.807, 2.05) is 39.5 Å². The van der Waals surface area contributed by atoms with Crippen LogP contribution < -0.4 is 10.7 Å². The second-order valence-electron chi connectivity index (χ2n) is 10.3. The van der Waals surface area contributed by atoms with Crippen LogP contribution in [-0.4, -0.2) is 58.7 Å². The minimum Gasteiger partial charge on any atom is -0.444 e. The lowest BCUT2D eigenvalue weighted by Gasteiger charge is -2.42. The third-order valence-corrected chi connectivity index (χ3v) is 6.24. The normalized spacial score (nSPS) is 18.3. The van der Waals surface area contributed by atoms with Gasteiger partial charge in [-0.25, -0.2) is 4.79 Å². The Bertz CT molecular complexity index is 997. The molecule has 1 N–H and O–H groups in total. The van der Waals surface area contributed by atoms with Gasteiger partial charge in [-0.3, -0.25) is 4.99 Å². The maximum absolute atomic E-state index is 12.6. The van der Waals surface area contributed by atoms with E-state index >= 15 is 0 Å². The molecule has 3 heterocycles. The van der Waals surface area contributed by atoms with Gasteiger partial charge in [0.05, 0.1) is 12.2 Å². The summed E-state index contributed by atoms with van der Waals surface area (Å²) in [6.07, 6.45) is 14.8. The molecule has 1 saturated heterocycles. The summed E-state index contributed by atoms with van der Waals surface area (Å²) in [5.41, 5.74) is 4.13. The number of unbranched alkanes of at least 4 members (excludes halogenated alkanes) is 4. The third kappa shape index (κ3) is 8.01. The van der Waals surface area contributed by atoms with Gasteiger partial charge >= 0.3 is 6.09 Å². The van der Waals surface area contributed by atoms with Crippen LogP contribution in [0.25, 0.3) is 11.8 Å². The number of piperazine rings is 1. The van der Waals surface area contributed by atoms with Crippen molar-refractivity contribution in [3.05, 3.63) is 40.2 Å². The van der Waals surface area contributed by atoms with Crippen LogP contribution in [-0.2, 0) is 4.74 Å². The minimum absolute atomic E-state index is 0.177. The SMILES string of the molecule is CC.CCCCCC/C=C/c1c[nH]c2c1=C(N1CCN(C(=O)OC(C)(C)C)C[C@@H]1C)C(C)=CCN=2. The molecule has 0 bridgehead atoms. The van der Waals surface area contributed by atoms with Gasteiger partial charge in [-0.05, 0) is 53.0 Å². The summed E-state index contributed by atoms with van der Waals surface area (Å²) in [4.78, 5) is 25.1. The number of fused-ring (bicyclic) bond motifs is 1. The molecular formula is C29H48N4O2. The van der Waals surface area contributed by atoms with Gasteiger partial charge in [0.25, 0.3) is 0 Å². The van der Waals surface area contributed by atoms with Crippen LogP contribution in [0.5, 0.6) is 0 Å². The number of aromatic nitrogens is 1. The van der Waals surface area contributed by atoms with Crippen molar-refractivity contribution < 1.29 is 9.53 Å². The van der Waals surface area contributed by atoms with E-state index in [2.05, 4.69) is 55.1 Å². The Morgan fingerprint density at radius 3 is 2.63 bits per heavy atom. The molecule has 1 aromatic rings. The number of nitrogens with one attached hydrogen (secondary N) is 1. The molecule has 0 aromatic carbocycles. The first-order valence-electron chi connectivity index (χ1n) is 13.6. The first-order chi connectivity index (χ1) is 16.7. The predicted molar refractivity (Wildman–Crippen MR) is 147 cm³/mol. The van der Waals surface area contributed by atoms with Gasteiger partial charge in [0.2, 0.25) is 0 Å². The molecule has 1 fully saturated rings.